The van der Waals surface area contributed by atoms with Gasteiger partial charge >= 0.3 is 6.18 Å². The highest BCUT2D eigenvalue weighted by molar-refractivity contribution is 7.80. The average molecular weight is 227 g/mol. The van der Waals surface area contributed by atoms with Crippen LogP contribution in [0.15, 0.2) is 0 Å². The van der Waals surface area contributed by atoms with Crippen molar-refractivity contribution in [3.8, 4) is 0 Å². The van der Waals surface area contributed by atoms with Crippen LogP contribution in [-0.2, 0) is 0 Å². The van der Waals surface area contributed by atoms with Gasteiger partial charge in [0.25, 0.3) is 0 Å². The van der Waals surface area contributed by atoms with Crippen molar-refractivity contribution in [1.29, 1.82) is 0 Å². The van der Waals surface area contributed by atoms with Crippen molar-refractivity contribution in [3.05, 3.63) is 0 Å². The molecule has 0 amide bonds. The molecule has 0 aromatic carbocycles. The molecule has 0 rings (SSSR count). The van der Waals surface area contributed by atoms with Gasteiger partial charge in [-0.05, 0) is 6.42 Å². The summed E-state index contributed by atoms with van der Waals surface area (Å²) in [5, 5.41) is 0. The fraction of sp³-hybridized carbons (Fsp3) is 0.889. The Hall–Kier alpha value is -0.320. The van der Waals surface area contributed by atoms with Gasteiger partial charge in [0, 0.05) is 13.6 Å². The summed E-state index contributed by atoms with van der Waals surface area (Å²) in [6, 6.07) is 0. The molecule has 0 saturated heterocycles. The molecule has 0 radical (unpaired) electrons. The van der Waals surface area contributed by atoms with Gasteiger partial charge in [-0.3, -0.25) is 0 Å². The SMILES string of the molecule is CCCCCCN(C)C(=S)C(F)(F)F. The fourth-order valence-corrected chi connectivity index (χ4v) is 1.18. The third kappa shape index (κ3) is 5.42. The maximum atomic E-state index is 12.1. The van der Waals surface area contributed by atoms with Crippen molar-refractivity contribution in [1.82, 2.24) is 4.90 Å². The topological polar surface area (TPSA) is 3.24 Å². The van der Waals surface area contributed by atoms with Crippen LogP contribution < -0.4 is 0 Å². The molecule has 5 heteroatoms. The van der Waals surface area contributed by atoms with Gasteiger partial charge < -0.3 is 4.90 Å². The van der Waals surface area contributed by atoms with Gasteiger partial charge in [-0.2, -0.15) is 13.2 Å². The van der Waals surface area contributed by atoms with E-state index in [9.17, 15) is 13.2 Å². The van der Waals surface area contributed by atoms with Gasteiger partial charge in [-0.1, -0.05) is 38.4 Å². The van der Waals surface area contributed by atoms with E-state index in [2.05, 4.69) is 19.1 Å². The lowest BCUT2D eigenvalue weighted by Gasteiger charge is -2.21. The third-order valence-corrected chi connectivity index (χ3v) is 2.48. The van der Waals surface area contributed by atoms with Crippen LogP contribution in [0.4, 0.5) is 13.2 Å². The number of hydrogen-bond acceptors (Lipinski definition) is 1. The molecule has 0 spiro atoms. The van der Waals surface area contributed by atoms with Crippen molar-refractivity contribution in [3.63, 3.8) is 0 Å². The van der Waals surface area contributed by atoms with Gasteiger partial charge in [0.05, 0.1) is 0 Å². The number of hydrogen-bond donors (Lipinski definition) is 0. The van der Waals surface area contributed by atoms with Crippen molar-refractivity contribution >= 4 is 17.2 Å². The van der Waals surface area contributed by atoms with Gasteiger partial charge in [0.15, 0.2) is 4.99 Å². The smallest absolute Gasteiger partial charge is 0.362 e. The maximum absolute atomic E-state index is 12.1. The zero-order valence-corrected chi connectivity index (χ0v) is 9.34. The number of alkyl halides is 3. The zero-order chi connectivity index (χ0) is 11.2. The molecular weight excluding hydrogens is 211 g/mol. The van der Waals surface area contributed by atoms with E-state index in [0.29, 0.717) is 6.54 Å². The lowest BCUT2D eigenvalue weighted by Crippen LogP contribution is -2.37. The minimum absolute atomic E-state index is 0.387. The van der Waals surface area contributed by atoms with Crippen molar-refractivity contribution in [2.24, 2.45) is 0 Å². The monoisotopic (exact) mass is 227 g/mol. The summed E-state index contributed by atoms with van der Waals surface area (Å²) in [5.41, 5.74) is 0. The molecule has 0 N–H and O–H groups in total. The number of unbranched alkanes of at least 4 members (excludes halogenated alkanes) is 3. The molecule has 1 nitrogen and oxygen atoms in total. The molecule has 0 aromatic heterocycles. The van der Waals surface area contributed by atoms with E-state index >= 15 is 0 Å². The maximum Gasteiger partial charge on any atom is 0.441 e. The van der Waals surface area contributed by atoms with Gasteiger partial charge in [0.2, 0.25) is 0 Å². The Labute approximate surface area is 88.3 Å². The van der Waals surface area contributed by atoms with E-state index in [4.69, 9.17) is 0 Å². The summed E-state index contributed by atoms with van der Waals surface area (Å²) in [6.45, 7) is 2.45. The molecule has 0 bridgehead atoms. The van der Waals surface area contributed by atoms with Gasteiger partial charge in [-0.15, -0.1) is 0 Å². The molecular formula is C9H16F3NS. The summed E-state index contributed by atoms with van der Waals surface area (Å²) in [5.74, 6) is 0. The van der Waals surface area contributed by atoms with Crippen LogP contribution in [0.1, 0.15) is 32.6 Å². The summed E-state index contributed by atoms with van der Waals surface area (Å²) in [6.07, 6.45) is -0.503. The standard InChI is InChI=1S/C9H16F3NS/c1-3-4-5-6-7-13(2)8(14)9(10,11)12/h3-7H2,1-2H3. The molecule has 0 atom stereocenters. The third-order valence-electron chi connectivity index (χ3n) is 1.94. The molecule has 0 aliphatic heterocycles. The van der Waals surface area contributed by atoms with Crippen molar-refractivity contribution < 1.29 is 13.2 Å². The number of thiocarbonyl (C=S) groups is 1. The van der Waals surface area contributed by atoms with Crippen LogP contribution in [-0.4, -0.2) is 29.7 Å². The second kappa shape index (κ2) is 6.22. The van der Waals surface area contributed by atoms with Crippen LogP contribution in [0.25, 0.3) is 0 Å². The van der Waals surface area contributed by atoms with E-state index in [1.165, 1.54) is 7.05 Å². The Kier molecular flexibility index (Phi) is 6.08. The lowest BCUT2D eigenvalue weighted by molar-refractivity contribution is -0.0647. The van der Waals surface area contributed by atoms with Crippen LogP contribution >= 0.6 is 12.2 Å². The number of nitrogens with zero attached hydrogens (tertiary/aromatic N) is 1. The Balaban J connectivity index is 3.74. The molecule has 14 heavy (non-hydrogen) atoms. The minimum atomic E-state index is -4.37. The van der Waals surface area contributed by atoms with Crippen LogP contribution in [0.3, 0.4) is 0 Å². The van der Waals surface area contributed by atoms with E-state index in [1.807, 2.05) is 0 Å². The Bertz CT molecular complexity index is 179. The first-order valence-corrected chi connectivity index (χ1v) is 5.12. The summed E-state index contributed by atoms with van der Waals surface area (Å²) in [7, 11) is 1.39. The predicted octanol–water partition coefficient (Wildman–Crippen LogP) is 3.39. The highest BCUT2D eigenvalue weighted by atomic mass is 32.1. The predicted molar refractivity (Wildman–Crippen MR) is 55.4 cm³/mol. The van der Waals surface area contributed by atoms with Crippen LogP contribution in [0.5, 0.6) is 0 Å². The van der Waals surface area contributed by atoms with Crippen LogP contribution in [0, 0.1) is 0 Å². The van der Waals surface area contributed by atoms with E-state index in [-0.39, 0.29) is 0 Å². The Morgan fingerprint density at radius 3 is 2.21 bits per heavy atom. The molecule has 0 saturated carbocycles. The molecule has 0 fully saturated rings. The fourth-order valence-electron chi connectivity index (χ4n) is 1.09. The van der Waals surface area contributed by atoms with E-state index in [1.54, 1.807) is 0 Å². The highest BCUT2D eigenvalue weighted by Gasteiger charge is 2.36. The normalized spacial score (nSPS) is 11.5. The molecule has 0 heterocycles. The summed E-state index contributed by atoms with van der Waals surface area (Å²) >= 11 is 4.29. The zero-order valence-electron chi connectivity index (χ0n) is 8.52. The summed E-state index contributed by atoms with van der Waals surface area (Å²) < 4.78 is 36.3. The largest absolute Gasteiger partial charge is 0.441 e. The highest BCUT2D eigenvalue weighted by Crippen LogP contribution is 2.19. The second-order valence-electron chi connectivity index (χ2n) is 3.29. The first-order valence-electron chi connectivity index (χ1n) is 4.72. The Morgan fingerprint density at radius 2 is 1.79 bits per heavy atom. The molecule has 84 valence electrons. The first-order chi connectivity index (χ1) is 6.39. The van der Waals surface area contributed by atoms with Crippen LogP contribution in [0.2, 0.25) is 0 Å². The molecule has 0 unspecified atom stereocenters. The number of halogens is 3. The van der Waals surface area contributed by atoms with Gasteiger partial charge in [0.1, 0.15) is 0 Å². The first kappa shape index (κ1) is 13.7. The van der Waals surface area contributed by atoms with Crippen molar-refractivity contribution in [2.45, 2.75) is 38.8 Å². The lowest BCUT2D eigenvalue weighted by atomic mass is 10.2. The average Bonchev–Trinajstić information content (AvgIpc) is 2.09. The number of rotatable bonds is 5. The van der Waals surface area contributed by atoms with Gasteiger partial charge in [-0.25, -0.2) is 0 Å². The molecule has 0 aliphatic carbocycles. The molecule has 0 aliphatic rings. The van der Waals surface area contributed by atoms with E-state index < -0.39 is 11.2 Å². The molecule has 0 aromatic rings. The summed E-state index contributed by atoms with van der Waals surface area (Å²) in [4.78, 5) is 0.180. The van der Waals surface area contributed by atoms with Crippen molar-refractivity contribution in [2.75, 3.05) is 13.6 Å². The Morgan fingerprint density at radius 1 is 1.21 bits per heavy atom. The minimum Gasteiger partial charge on any atom is -0.362 e. The van der Waals surface area contributed by atoms with E-state index in [0.717, 1.165) is 30.6 Å². The quantitative estimate of drug-likeness (QED) is 0.523. The second-order valence-corrected chi connectivity index (χ2v) is 3.67.